The second-order valence-corrected chi connectivity index (χ2v) is 4.03. The Morgan fingerprint density at radius 1 is 1.53 bits per heavy atom. The monoisotopic (exact) mass is 249 g/mol. The quantitative estimate of drug-likeness (QED) is 0.272. The van der Waals surface area contributed by atoms with E-state index in [1.807, 2.05) is 0 Å². The molecule has 5 N–H and O–H groups in total. The molecule has 0 spiro atoms. The van der Waals surface area contributed by atoms with E-state index < -0.39 is 48.1 Å². The average molecular weight is 249 g/mol. The van der Waals surface area contributed by atoms with E-state index in [0.717, 1.165) is 0 Å². The first kappa shape index (κ1) is 12.6. The third kappa shape index (κ3) is 2.25. The zero-order chi connectivity index (χ0) is 14.2. The number of rotatable bonds is 3. The van der Waals surface area contributed by atoms with Crippen molar-refractivity contribution in [3.63, 3.8) is 0 Å². The summed E-state index contributed by atoms with van der Waals surface area (Å²) in [7, 11) is 0. The van der Waals surface area contributed by atoms with Crippen LogP contribution in [0.4, 0.5) is 0 Å². The van der Waals surface area contributed by atoms with Gasteiger partial charge in [-0.2, -0.15) is 0 Å². The molecule has 7 heteroatoms. The Morgan fingerprint density at radius 3 is 2.47 bits per heavy atom. The largest absolute Gasteiger partial charge is 0.391 e. The van der Waals surface area contributed by atoms with Crippen molar-refractivity contribution in [1.29, 1.82) is 0 Å². The molecule has 17 heavy (non-hydrogen) atoms. The van der Waals surface area contributed by atoms with E-state index in [1.165, 1.54) is 6.92 Å². The predicted molar refractivity (Wildman–Crippen MR) is 54.7 cm³/mol. The van der Waals surface area contributed by atoms with Gasteiger partial charge in [0.2, 0.25) is 5.79 Å². The number of aliphatic hydroxyl groups is 5. The third-order valence-corrected chi connectivity index (χ3v) is 2.76. The molecular formula is C10H16O7. The average Bonchev–Trinajstić information content (AvgIpc) is 2.29. The van der Waals surface area contributed by atoms with Crippen LogP contribution in [0.25, 0.3) is 0 Å². The molecule has 1 aliphatic rings. The van der Waals surface area contributed by atoms with Crippen molar-refractivity contribution in [2.45, 2.75) is 43.2 Å². The molecule has 1 rings (SSSR count). The van der Waals surface area contributed by atoms with E-state index in [4.69, 9.17) is 6.11 Å². The molecule has 98 valence electrons. The Labute approximate surface area is 99.0 Å². The van der Waals surface area contributed by atoms with Crippen molar-refractivity contribution in [3.05, 3.63) is 12.2 Å². The lowest BCUT2D eigenvalue weighted by Crippen LogP contribution is -2.67. The van der Waals surface area contributed by atoms with Crippen LogP contribution in [-0.2, 0) is 9.53 Å². The van der Waals surface area contributed by atoms with Crippen molar-refractivity contribution >= 4 is 6.26 Å². The summed E-state index contributed by atoms with van der Waals surface area (Å²) in [5, 5.41) is 48.1. The molecule has 0 aromatic heterocycles. The van der Waals surface area contributed by atoms with E-state index in [-0.39, 0.29) is 0 Å². The van der Waals surface area contributed by atoms with Gasteiger partial charge in [-0.3, -0.25) is 4.79 Å². The molecular weight excluding hydrogens is 232 g/mol. The van der Waals surface area contributed by atoms with Gasteiger partial charge < -0.3 is 30.3 Å². The van der Waals surface area contributed by atoms with Crippen molar-refractivity contribution in [2.75, 3.05) is 0 Å². The summed E-state index contributed by atoms with van der Waals surface area (Å²) in [5.74, 6) is -2.72. The molecule has 0 aromatic carbocycles. The summed E-state index contributed by atoms with van der Waals surface area (Å²) in [4.78, 5) is 10.9. The number of carbonyl (C=O) groups is 1. The van der Waals surface area contributed by atoms with Crippen molar-refractivity contribution in [1.82, 2.24) is 0 Å². The summed E-state index contributed by atoms with van der Waals surface area (Å²) in [6, 6.07) is 0. The Kier molecular flexibility index (Phi) is 3.57. The number of hydrogen-bond acceptors (Lipinski definition) is 7. The minimum absolute atomic E-state index is 0.799. The van der Waals surface area contributed by atoms with Gasteiger partial charge in [0.15, 0.2) is 6.26 Å². The number of ether oxygens (including phenoxy) is 1. The summed E-state index contributed by atoms with van der Waals surface area (Å²) in [6.07, 6.45) is -9.71. The van der Waals surface area contributed by atoms with Gasteiger partial charge in [0, 0.05) is 5.57 Å². The van der Waals surface area contributed by atoms with E-state index in [9.17, 15) is 30.3 Å². The molecule has 0 bridgehead atoms. The maximum Gasteiger partial charge on any atom is 0.225 e. The lowest BCUT2D eigenvalue weighted by Gasteiger charge is -2.46. The Balaban J connectivity index is 3.12. The van der Waals surface area contributed by atoms with Gasteiger partial charge in [-0.15, -0.1) is 0 Å². The minimum Gasteiger partial charge on any atom is -0.391 e. The van der Waals surface area contributed by atoms with E-state index in [2.05, 4.69) is 6.58 Å². The molecule has 0 saturated carbocycles. The highest BCUT2D eigenvalue weighted by molar-refractivity contribution is 5.75. The first-order valence-electron chi connectivity index (χ1n) is 5.45. The van der Waals surface area contributed by atoms with E-state index in [0.29, 0.717) is 0 Å². The van der Waals surface area contributed by atoms with Crippen LogP contribution in [0.3, 0.4) is 0 Å². The van der Waals surface area contributed by atoms with Gasteiger partial charge >= 0.3 is 0 Å². The third-order valence-electron chi connectivity index (χ3n) is 2.76. The highest BCUT2D eigenvalue weighted by Crippen LogP contribution is 2.33. The SMILES string of the molecule is [2H]C(=O)C(=C)C1(O)O[C@H](C(C)O)[C@@H](O)[C@H](O)[C@H]1O. The van der Waals surface area contributed by atoms with Crippen LogP contribution in [0.15, 0.2) is 12.2 Å². The number of carbonyl (C=O) groups excluding carboxylic acids is 1. The Hall–Kier alpha value is -0.830. The second kappa shape index (κ2) is 4.81. The second-order valence-electron chi connectivity index (χ2n) is 4.03. The number of aliphatic hydroxyl groups excluding tert-OH is 4. The summed E-state index contributed by atoms with van der Waals surface area (Å²) < 4.78 is 11.7. The van der Waals surface area contributed by atoms with Crippen LogP contribution < -0.4 is 0 Å². The molecule has 0 aliphatic carbocycles. The standard InChI is InChI=1S/C10H16O7/c1-4(3-11)10(16)9(15)7(14)6(13)8(17-10)5(2)12/h3,5-9,12-16H,1H2,2H3/t5?,6-,7-,8+,9+,10?/m0/s1/i3D. The fraction of sp³-hybridized carbons (Fsp3) is 0.700. The fourth-order valence-corrected chi connectivity index (χ4v) is 1.67. The molecule has 0 radical (unpaired) electrons. The molecule has 1 fully saturated rings. The summed E-state index contributed by atoms with van der Waals surface area (Å²) in [5.41, 5.74) is -0.799. The van der Waals surface area contributed by atoms with Crippen LogP contribution in [0.1, 0.15) is 8.29 Å². The molecule has 6 atom stereocenters. The van der Waals surface area contributed by atoms with Gasteiger partial charge in [0.05, 0.1) is 6.10 Å². The summed E-state index contributed by atoms with van der Waals surface area (Å²) >= 11 is 0. The normalized spacial score (nSPS) is 44.9. The maximum atomic E-state index is 10.9. The van der Waals surface area contributed by atoms with E-state index in [1.54, 1.807) is 0 Å². The van der Waals surface area contributed by atoms with Crippen LogP contribution in [0, 0.1) is 0 Å². The molecule has 0 aromatic rings. The molecule has 2 unspecified atom stereocenters. The molecule has 1 aliphatic heterocycles. The van der Waals surface area contributed by atoms with Crippen LogP contribution in [-0.4, -0.2) is 68.1 Å². The van der Waals surface area contributed by atoms with Crippen LogP contribution in [0.5, 0.6) is 0 Å². The van der Waals surface area contributed by atoms with Gasteiger partial charge in [-0.25, -0.2) is 0 Å². The van der Waals surface area contributed by atoms with Crippen LogP contribution >= 0.6 is 0 Å². The highest BCUT2D eigenvalue weighted by atomic mass is 16.7. The smallest absolute Gasteiger partial charge is 0.225 e. The van der Waals surface area contributed by atoms with Gasteiger partial charge in [0.25, 0.3) is 0 Å². The molecule has 0 amide bonds. The van der Waals surface area contributed by atoms with Crippen molar-refractivity contribution in [2.24, 2.45) is 0 Å². The van der Waals surface area contributed by atoms with Gasteiger partial charge in [-0.1, -0.05) is 6.58 Å². The lowest BCUT2D eigenvalue weighted by atomic mass is 9.87. The number of hydrogen-bond donors (Lipinski definition) is 5. The Bertz CT molecular complexity index is 358. The minimum atomic E-state index is -2.72. The number of aldehydes is 1. The topological polar surface area (TPSA) is 127 Å². The molecule has 7 nitrogen and oxygen atoms in total. The van der Waals surface area contributed by atoms with Gasteiger partial charge in [-0.05, 0) is 6.92 Å². The first-order valence-corrected chi connectivity index (χ1v) is 4.95. The van der Waals surface area contributed by atoms with Crippen molar-refractivity contribution < 1.29 is 36.4 Å². The van der Waals surface area contributed by atoms with Crippen molar-refractivity contribution in [3.8, 4) is 0 Å². The lowest BCUT2D eigenvalue weighted by molar-refractivity contribution is -0.337. The fourth-order valence-electron chi connectivity index (χ4n) is 1.67. The zero-order valence-corrected chi connectivity index (χ0v) is 9.15. The van der Waals surface area contributed by atoms with Gasteiger partial charge in [0.1, 0.15) is 25.8 Å². The van der Waals surface area contributed by atoms with E-state index >= 15 is 0 Å². The highest BCUT2D eigenvalue weighted by Gasteiger charge is 2.55. The predicted octanol–water partition coefficient (Wildman–Crippen LogP) is -2.71. The Morgan fingerprint density at radius 2 is 2.06 bits per heavy atom. The first-order chi connectivity index (χ1) is 8.12. The maximum absolute atomic E-state index is 10.9. The molecule has 1 heterocycles. The zero-order valence-electron chi connectivity index (χ0n) is 10.1. The van der Waals surface area contributed by atoms with Crippen LogP contribution in [0.2, 0.25) is 0 Å². The summed E-state index contributed by atoms with van der Waals surface area (Å²) in [6.45, 7) is 4.33. The molecule has 1 saturated heterocycles.